The van der Waals surface area contributed by atoms with Crippen LogP contribution >= 0.6 is 12.6 Å². The lowest BCUT2D eigenvalue weighted by Gasteiger charge is -2.37. The van der Waals surface area contributed by atoms with E-state index in [1.54, 1.807) is 0 Å². The van der Waals surface area contributed by atoms with Crippen LogP contribution in [0.4, 0.5) is 0 Å². The van der Waals surface area contributed by atoms with Crippen LogP contribution in [0.3, 0.4) is 0 Å². The molecular formula is C23H58O9SSi4. The van der Waals surface area contributed by atoms with Gasteiger partial charge in [-0.2, -0.15) is 12.6 Å². The first-order valence-corrected chi connectivity index (χ1v) is 19.1. The molecule has 14 heteroatoms. The zero-order valence-electron chi connectivity index (χ0n) is 24.5. The summed E-state index contributed by atoms with van der Waals surface area (Å²) in [6.07, 6.45) is 0.898. The molecule has 37 heavy (non-hydrogen) atoms. The van der Waals surface area contributed by atoms with Crippen molar-refractivity contribution in [1.82, 2.24) is 0 Å². The summed E-state index contributed by atoms with van der Waals surface area (Å²) in [6.45, 7) is 28.1. The van der Waals surface area contributed by atoms with E-state index in [0.29, 0.717) is 64.3 Å². The highest BCUT2D eigenvalue weighted by atomic mass is 32.1. The summed E-state index contributed by atoms with van der Waals surface area (Å²) in [5, 5.41) is 0. The van der Waals surface area contributed by atoms with Gasteiger partial charge >= 0.3 is 26.4 Å². The molecule has 0 saturated carbocycles. The van der Waals surface area contributed by atoms with E-state index in [4.69, 9.17) is 39.8 Å². The van der Waals surface area contributed by atoms with Crippen LogP contribution in [0.1, 0.15) is 75.7 Å². The normalized spacial score (nSPS) is 12.9. The third-order valence-corrected chi connectivity index (χ3v) is 16.5. The smallest absolute Gasteiger partial charge is 0.373 e. The first-order valence-electron chi connectivity index (χ1n) is 13.3. The van der Waals surface area contributed by atoms with Crippen molar-refractivity contribution in [2.24, 2.45) is 0 Å². The molecule has 0 amide bonds. The molecule has 0 rings (SSSR count). The highest BCUT2D eigenvalue weighted by molar-refractivity contribution is 7.83. The molecule has 0 aliphatic carbocycles. The minimum atomic E-state index is -3.15. The van der Waals surface area contributed by atoms with Crippen molar-refractivity contribution in [3.63, 3.8) is 0 Å². The van der Waals surface area contributed by atoms with E-state index in [1.807, 2.05) is 62.3 Å². The summed E-state index contributed by atoms with van der Waals surface area (Å²) in [5.74, 6) is 0. The second kappa shape index (κ2) is 24.4. The lowest BCUT2D eigenvalue weighted by molar-refractivity contribution is 0.0604. The van der Waals surface area contributed by atoms with E-state index in [2.05, 4.69) is 26.1 Å². The van der Waals surface area contributed by atoms with Crippen LogP contribution in [-0.4, -0.2) is 102 Å². The molecule has 0 aromatic rings. The van der Waals surface area contributed by atoms with E-state index >= 15 is 0 Å². The van der Waals surface area contributed by atoms with Crippen LogP contribution < -0.4 is 0 Å². The van der Waals surface area contributed by atoms with Gasteiger partial charge in [0.1, 0.15) is 0 Å². The van der Waals surface area contributed by atoms with Gasteiger partial charge in [0.25, 0.3) is 0 Å². The van der Waals surface area contributed by atoms with Gasteiger partial charge in [-0.05, 0) is 79.7 Å². The fourth-order valence-corrected chi connectivity index (χ4v) is 13.2. The van der Waals surface area contributed by atoms with Crippen molar-refractivity contribution >= 4 is 50.0 Å². The molecule has 9 nitrogen and oxygen atoms in total. The fourth-order valence-electron chi connectivity index (χ4n) is 3.37. The van der Waals surface area contributed by atoms with E-state index in [1.165, 1.54) is 0 Å². The summed E-state index contributed by atoms with van der Waals surface area (Å²) >= 11 is 4.50. The average Bonchev–Trinajstić information content (AvgIpc) is 2.84. The van der Waals surface area contributed by atoms with Crippen molar-refractivity contribution < 1.29 is 39.8 Å². The molecule has 226 valence electrons. The molecule has 0 saturated heterocycles. The zero-order chi connectivity index (χ0) is 28.1. The van der Waals surface area contributed by atoms with Crippen LogP contribution in [0.2, 0.25) is 0 Å². The van der Waals surface area contributed by atoms with Gasteiger partial charge in [0.2, 0.25) is 0 Å². The molecule has 0 aromatic heterocycles. The SMILES string of the molecule is C=C([Si](OCC)(OCC)OCC)[Si](OCC)(OCC)OCC.CCO[Si](OCC)(OCC)C(S)CC.[SiH4]. The summed E-state index contributed by atoms with van der Waals surface area (Å²) in [5.41, 5.74) is 0. The molecule has 0 bridgehead atoms. The van der Waals surface area contributed by atoms with Crippen molar-refractivity contribution in [3.05, 3.63) is 11.4 Å². The zero-order valence-corrected chi connectivity index (χ0v) is 28.4. The third kappa shape index (κ3) is 13.7. The lowest BCUT2D eigenvalue weighted by atomic mass is 10.6. The van der Waals surface area contributed by atoms with Crippen LogP contribution in [0.5, 0.6) is 0 Å². The first kappa shape index (κ1) is 42.1. The van der Waals surface area contributed by atoms with Gasteiger partial charge in [0, 0.05) is 59.5 Å². The molecule has 0 fully saturated rings. The number of hydrogen-bond donors (Lipinski definition) is 1. The molecule has 0 aromatic carbocycles. The van der Waals surface area contributed by atoms with Crippen molar-refractivity contribution in [2.45, 2.75) is 80.5 Å². The van der Waals surface area contributed by atoms with Gasteiger partial charge in [-0.3, -0.25) is 0 Å². The average molecular weight is 623 g/mol. The molecule has 0 radical (unpaired) electrons. The Morgan fingerprint density at radius 3 is 0.892 bits per heavy atom. The second-order valence-corrected chi connectivity index (χ2v) is 16.6. The topological polar surface area (TPSA) is 83.1 Å². The summed E-state index contributed by atoms with van der Waals surface area (Å²) in [7, 11) is -8.84. The van der Waals surface area contributed by atoms with Crippen LogP contribution in [0.25, 0.3) is 0 Å². The van der Waals surface area contributed by atoms with E-state index in [0.717, 1.165) is 6.42 Å². The first-order chi connectivity index (χ1) is 17.2. The van der Waals surface area contributed by atoms with Gasteiger partial charge < -0.3 is 39.8 Å². The summed E-state index contributed by atoms with van der Waals surface area (Å²) in [6, 6.07) is 0. The predicted octanol–water partition coefficient (Wildman–Crippen LogP) is 3.55. The van der Waals surface area contributed by atoms with E-state index in [9.17, 15) is 0 Å². The van der Waals surface area contributed by atoms with E-state index < -0.39 is 26.4 Å². The highest BCUT2D eigenvalue weighted by Crippen LogP contribution is 2.30. The molecule has 0 N–H and O–H groups in total. The minimum absolute atomic E-state index is 0. The van der Waals surface area contributed by atoms with Crippen molar-refractivity contribution in [2.75, 3.05) is 59.5 Å². The lowest BCUT2D eigenvalue weighted by Crippen LogP contribution is -2.61. The van der Waals surface area contributed by atoms with Gasteiger partial charge in [0.15, 0.2) is 0 Å². The molecule has 0 aliphatic heterocycles. The Morgan fingerprint density at radius 1 is 0.514 bits per heavy atom. The Hall–Kier alpha value is 0.598. The van der Waals surface area contributed by atoms with E-state index in [-0.39, 0.29) is 15.8 Å². The maximum absolute atomic E-state index is 5.91. The third-order valence-electron chi connectivity index (χ3n) is 4.58. The van der Waals surface area contributed by atoms with Gasteiger partial charge in [-0.25, -0.2) is 0 Å². The van der Waals surface area contributed by atoms with Gasteiger partial charge in [-0.1, -0.05) is 13.5 Å². The molecule has 0 spiro atoms. The Labute approximate surface area is 240 Å². The highest BCUT2D eigenvalue weighted by Gasteiger charge is 2.60. The largest absolute Gasteiger partial charge is 0.535 e. The van der Waals surface area contributed by atoms with Crippen molar-refractivity contribution in [3.8, 4) is 0 Å². The molecule has 0 aliphatic rings. The minimum Gasteiger partial charge on any atom is -0.373 e. The standard InChI is InChI=1S/C14H32O6Si2.C9H22O3SSi.H4Si/c1-8-15-21(16-9-2,17-10-3)14(7)22(18-11-4,19-12-5)20-13-6;1-5-9(13)14(10-6-2,11-7-3)12-8-4;/h7-13H2,1-6H3;9,13H,5-8H2,1-4H3;1H4. The van der Waals surface area contributed by atoms with Gasteiger partial charge in [-0.15, -0.1) is 0 Å². The summed E-state index contributed by atoms with van der Waals surface area (Å²) < 4.78 is 52.5. The second-order valence-electron chi connectivity index (χ2n) is 7.02. The Morgan fingerprint density at radius 2 is 0.730 bits per heavy atom. The maximum Gasteiger partial charge on any atom is 0.535 e. The van der Waals surface area contributed by atoms with Crippen LogP contribution in [0, 0.1) is 0 Å². The molecular weight excluding hydrogens is 565 g/mol. The molecule has 0 heterocycles. The number of thiol groups is 1. The number of hydrogen-bond acceptors (Lipinski definition) is 10. The maximum atomic E-state index is 5.91. The Bertz CT molecular complexity index is 471. The fraction of sp³-hybridized carbons (Fsp3) is 0.913. The quantitative estimate of drug-likeness (QED) is 0.144. The molecule has 1 unspecified atom stereocenters. The number of rotatable bonds is 22. The van der Waals surface area contributed by atoms with Crippen molar-refractivity contribution in [1.29, 1.82) is 0 Å². The molecule has 1 atom stereocenters. The van der Waals surface area contributed by atoms with Gasteiger partial charge in [0.05, 0.1) is 9.69 Å². The summed E-state index contributed by atoms with van der Waals surface area (Å²) in [4.78, 5) is 0.651. The van der Waals surface area contributed by atoms with Crippen LogP contribution in [0.15, 0.2) is 11.4 Å². The Kier molecular flexibility index (Phi) is 27.7. The monoisotopic (exact) mass is 622 g/mol. The predicted molar refractivity (Wildman–Crippen MR) is 165 cm³/mol. The van der Waals surface area contributed by atoms with Crippen LogP contribution in [-0.2, 0) is 39.8 Å². The Balaban J connectivity index is -0.000000668.